The molecule has 1 aromatic heterocycles. The summed E-state index contributed by atoms with van der Waals surface area (Å²) >= 11 is 2.09. The van der Waals surface area contributed by atoms with Crippen molar-refractivity contribution >= 4 is 107 Å². The second kappa shape index (κ2) is 18.7. The summed E-state index contributed by atoms with van der Waals surface area (Å²) in [6, 6.07) is 75.8. The Hall–Kier alpha value is -7.18. The lowest BCUT2D eigenvalue weighted by Crippen LogP contribution is -2.74. The van der Waals surface area contributed by atoms with Crippen LogP contribution in [0.2, 0.25) is 0 Å². The summed E-state index contributed by atoms with van der Waals surface area (Å²) in [5, 5.41) is 6.92. The zero-order chi connectivity index (χ0) is 61.0. The average Bonchev–Trinajstić information content (AvgIpc) is 1.23. The third-order valence-corrected chi connectivity index (χ3v) is 29.6. The van der Waals surface area contributed by atoms with Gasteiger partial charge < -0.3 is 9.80 Å². The highest BCUT2D eigenvalue weighted by Crippen LogP contribution is 2.58. The van der Waals surface area contributed by atoms with E-state index in [1.807, 2.05) is 0 Å². The highest BCUT2D eigenvalue weighted by molar-refractivity contribution is 7.33. The van der Waals surface area contributed by atoms with Gasteiger partial charge in [-0.1, -0.05) is 230 Å². The molecule has 7 aliphatic rings. The van der Waals surface area contributed by atoms with Gasteiger partial charge in [-0.05, 0) is 207 Å². The quantitative estimate of drug-likeness (QED) is 0.125. The van der Waals surface area contributed by atoms with E-state index in [0.29, 0.717) is 0 Å². The van der Waals surface area contributed by atoms with Gasteiger partial charge in [-0.2, -0.15) is 0 Å². The second-order valence-corrected chi connectivity index (χ2v) is 36.9. The van der Waals surface area contributed by atoms with Crippen molar-refractivity contribution in [3.8, 4) is 11.1 Å². The Kier molecular flexibility index (Phi) is 11.9. The Labute approximate surface area is 530 Å². The first-order valence-corrected chi connectivity index (χ1v) is 35.8. The summed E-state index contributed by atoms with van der Waals surface area (Å²) < 4.78 is 2.85. The van der Waals surface area contributed by atoms with Crippen LogP contribution in [0.25, 0.3) is 21.2 Å². The van der Waals surface area contributed by atoms with Crippen LogP contribution in [0.15, 0.2) is 188 Å². The van der Waals surface area contributed by atoms with Crippen molar-refractivity contribution in [3.63, 3.8) is 0 Å². The summed E-state index contributed by atoms with van der Waals surface area (Å²) in [4.78, 5) is 5.61. The number of thiophene rings is 1. The first-order chi connectivity index (χ1) is 41.8. The number of hydrogen-bond acceptors (Lipinski definition) is 3. The molecule has 0 saturated carbocycles. The minimum absolute atomic E-state index is 0.00144. The predicted molar refractivity (Wildman–Crippen MR) is 383 cm³/mol. The Morgan fingerprint density at radius 3 is 1.30 bits per heavy atom. The van der Waals surface area contributed by atoms with E-state index < -0.39 is 8.07 Å². The van der Waals surface area contributed by atoms with Crippen molar-refractivity contribution < 1.29 is 0 Å². The van der Waals surface area contributed by atoms with Gasteiger partial charge in [-0.3, -0.25) is 0 Å². The molecule has 10 aromatic rings. The van der Waals surface area contributed by atoms with E-state index in [0.717, 1.165) is 19.3 Å². The van der Waals surface area contributed by atoms with Gasteiger partial charge >= 0.3 is 0 Å². The summed E-state index contributed by atoms with van der Waals surface area (Å²) in [5.74, 6) is 0. The minimum atomic E-state index is -2.85. The van der Waals surface area contributed by atoms with E-state index in [1.165, 1.54) is 156 Å². The zero-order valence-electron chi connectivity index (χ0n) is 54.5. The fraction of sp³-hybridized carbons (Fsp3) is 0.325. The highest BCUT2D eigenvalue weighted by Gasteiger charge is 2.51. The Bertz CT molecular complexity index is 4430. The largest absolute Gasteiger partial charge is 0.311 e. The van der Waals surface area contributed by atoms with E-state index in [1.54, 1.807) is 0 Å². The molecular weight excluding hydrogens is 1100 g/mol. The van der Waals surface area contributed by atoms with Crippen LogP contribution in [-0.2, 0) is 37.9 Å². The lowest BCUT2D eigenvalue weighted by atomic mass is 9.35. The van der Waals surface area contributed by atoms with Crippen LogP contribution in [0.3, 0.4) is 0 Å². The molecule has 0 amide bonds. The standard InChI is InChI=1S/C83H85BN2SSi/c1-77(2)38-41-80(7,8)65-49-69-60(46-62(65)77)52-30-32-53(33-31-52)83(13,14)54-44-71-74-72(45-54)86(69)70-50-66-64(79(5,6)40-42-81(66,9)10)48-68(70)84(74)76-75(61-47-63-67(51-73(61)87-76)82(11,12)43-39-78(63,3)4)85(71)55-34-36-59(37-35-55)88(56-24-18-15-19-25-56,57-26-20-16-21-27-57)58-28-22-17-23-29-58/h15-37,44-51H,38-43H2,1-14H3. The number of rotatable bonds is 5. The molecule has 2 nitrogen and oxygen atoms in total. The fourth-order valence-electron chi connectivity index (χ4n) is 17.7. The molecule has 5 heteroatoms. The SMILES string of the molecule is CC1(C)CCC(C)(C)c2cc3c(cc21)B1c2sc4cc5c(cc4c2N(c2ccc([Si](c4ccccc4)(c4ccccc4)c4ccccc4)cc2)c2cc4cc(c21)N3c1cc2c(cc1-c1ccc(cc1)C4(C)C)C(C)(C)CCC2(C)C)C(C)(C)CCC5(C)C. The third-order valence-electron chi connectivity index (χ3n) is 23.6. The van der Waals surface area contributed by atoms with Crippen LogP contribution < -0.4 is 46.2 Å². The van der Waals surface area contributed by atoms with Crippen molar-refractivity contribution in [2.45, 2.75) is 173 Å². The molecule has 0 fully saturated rings. The molecule has 3 aliphatic carbocycles. The number of anilines is 6. The summed E-state index contributed by atoms with van der Waals surface area (Å²) in [6.07, 6.45) is 6.99. The lowest BCUT2D eigenvalue weighted by Gasteiger charge is -2.48. The molecule has 5 heterocycles. The fourth-order valence-corrected chi connectivity index (χ4v) is 23.7. The number of nitrogens with zero attached hydrogens (tertiary/aromatic N) is 2. The molecule has 9 aromatic carbocycles. The zero-order valence-corrected chi connectivity index (χ0v) is 56.3. The van der Waals surface area contributed by atoms with Crippen LogP contribution in [0.4, 0.5) is 34.1 Å². The smallest absolute Gasteiger partial charge is 0.264 e. The van der Waals surface area contributed by atoms with Crippen molar-refractivity contribution in [3.05, 3.63) is 233 Å². The number of benzene rings is 9. The molecule has 4 bridgehead atoms. The Morgan fingerprint density at radius 1 is 0.375 bits per heavy atom. The van der Waals surface area contributed by atoms with E-state index >= 15 is 0 Å². The maximum atomic E-state index is 2.83. The maximum Gasteiger partial charge on any atom is 0.264 e. The van der Waals surface area contributed by atoms with Crippen LogP contribution in [0, 0.1) is 0 Å². The van der Waals surface area contributed by atoms with Gasteiger partial charge in [0.15, 0.2) is 8.07 Å². The van der Waals surface area contributed by atoms with Gasteiger partial charge in [0.25, 0.3) is 6.71 Å². The highest BCUT2D eigenvalue weighted by atomic mass is 32.1. The minimum Gasteiger partial charge on any atom is -0.311 e. The summed E-state index contributed by atoms with van der Waals surface area (Å²) in [6.45, 7) is 35.1. The second-order valence-electron chi connectivity index (χ2n) is 32.0. The maximum absolute atomic E-state index is 2.85. The Balaban J connectivity index is 1.05. The molecule has 0 atom stereocenters. The van der Waals surface area contributed by atoms with Gasteiger partial charge in [0.1, 0.15) is 0 Å². The first-order valence-electron chi connectivity index (χ1n) is 33.0. The molecule has 17 rings (SSSR count). The van der Waals surface area contributed by atoms with Crippen molar-refractivity contribution in [1.29, 1.82) is 0 Å². The monoisotopic (exact) mass is 1180 g/mol. The van der Waals surface area contributed by atoms with Crippen molar-refractivity contribution in [2.75, 3.05) is 9.80 Å². The van der Waals surface area contributed by atoms with Crippen molar-refractivity contribution in [1.82, 2.24) is 0 Å². The van der Waals surface area contributed by atoms with Gasteiger partial charge in [-0.25, -0.2) is 0 Å². The van der Waals surface area contributed by atoms with Crippen LogP contribution >= 0.6 is 11.3 Å². The van der Waals surface area contributed by atoms with E-state index in [4.69, 9.17) is 0 Å². The Morgan fingerprint density at radius 2 is 0.795 bits per heavy atom. The van der Waals surface area contributed by atoms with Crippen LogP contribution in [0.1, 0.15) is 180 Å². The van der Waals surface area contributed by atoms with Gasteiger partial charge in [0, 0.05) is 48.6 Å². The first kappa shape index (κ1) is 56.1. The molecule has 0 saturated heterocycles. The predicted octanol–water partition coefficient (Wildman–Crippen LogP) is 17.7. The van der Waals surface area contributed by atoms with E-state index in [2.05, 4.69) is 306 Å². The molecule has 4 aliphatic heterocycles. The van der Waals surface area contributed by atoms with Crippen molar-refractivity contribution in [2.24, 2.45) is 0 Å². The average molecular weight is 1180 g/mol. The van der Waals surface area contributed by atoms with Gasteiger partial charge in [-0.15, -0.1) is 11.3 Å². The lowest BCUT2D eigenvalue weighted by molar-refractivity contribution is 0.332. The topological polar surface area (TPSA) is 6.48 Å². The molecule has 0 N–H and O–H groups in total. The van der Waals surface area contributed by atoms with Gasteiger partial charge in [0.2, 0.25) is 0 Å². The molecule has 0 unspecified atom stereocenters. The molecule has 0 radical (unpaired) electrons. The third kappa shape index (κ3) is 7.90. The molecule has 440 valence electrons. The number of fused-ring (bicyclic) bond motifs is 11. The van der Waals surface area contributed by atoms with Crippen LogP contribution in [-0.4, -0.2) is 14.8 Å². The van der Waals surface area contributed by atoms with Crippen LogP contribution in [0.5, 0.6) is 0 Å². The van der Waals surface area contributed by atoms with E-state index in [-0.39, 0.29) is 44.6 Å². The summed E-state index contributed by atoms with van der Waals surface area (Å²) in [7, 11) is -2.85. The molecule has 0 spiro atoms. The molecule has 88 heavy (non-hydrogen) atoms. The number of hydrogen-bond donors (Lipinski definition) is 0. The van der Waals surface area contributed by atoms with E-state index in [9.17, 15) is 0 Å². The van der Waals surface area contributed by atoms with Gasteiger partial charge in [0.05, 0.1) is 11.4 Å². The summed E-state index contributed by atoms with van der Waals surface area (Å²) in [5.41, 5.74) is 24.8. The molecular formula is C83H85BN2SSi. The normalized spacial score (nSPS) is 19.5.